The lowest BCUT2D eigenvalue weighted by Crippen LogP contribution is -2.22. The van der Waals surface area contributed by atoms with Crippen molar-refractivity contribution >= 4 is 23.2 Å². The zero-order valence-electron chi connectivity index (χ0n) is 11.2. The number of benzene rings is 1. The van der Waals surface area contributed by atoms with Crippen LogP contribution in [0.5, 0.6) is 0 Å². The number of hydrogen-bond donors (Lipinski definition) is 1. The summed E-state index contributed by atoms with van der Waals surface area (Å²) >= 11 is 12.0. The van der Waals surface area contributed by atoms with Crippen LogP contribution < -0.4 is 5.32 Å². The molecule has 0 aromatic heterocycles. The van der Waals surface area contributed by atoms with Gasteiger partial charge in [-0.3, -0.25) is 0 Å². The lowest BCUT2D eigenvalue weighted by molar-refractivity contribution is 0.106. The Labute approximate surface area is 120 Å². The van der Waals surface area contributed by atoms with Gasteiger partial charge in [-0.05, 0) is 44.0 Å². The number of halogens is 2. The van der Waals surface area contributed by atoms with Crippen LogP contribution in [0, 0.1) is 0 Å². The van der Waals surface area contributed by atoms with E-state index in [2.05, 4.69) is 19.2 Å². The predicted octanol–water partition coefficient (Wildman–Crippen LogP) is 4.46. The van der Waals surface area contributed by atoms with Crippen molar-refractivity contribution in [1.82, 2.24) is 5.32 Å². The average Bonchev–Trinajstić information content (AvgIpc) is 2.37. The van der Waals surface area contributed by atoms with Crippen molar-refractivity contribution in [3.8, 4) is 0 Å². The number of hydrogen-bond acceptors (Lipinski definition) is 2. The second kappa shape index (κ2) is 8.00. The first kappa shape index (κ1) is 15.8. The Morgan fingerprint density at radius 1 is 1.22 bits per heavy atom. The standard InChI is InChI=1S/C14H21Cl2NO/c1-4-17-14(8-5-10(2)18-3)11-6-7-12(15)13(16)9-11/h6-7,9-10,14,17H,4-5,8H2,1-3H3. The number of ether oxygens (including phenoxy) is 1. The molecule has 2 nitrogen and oxygen atoms in total. The molecule has 0 fully saturated rings. The van der Waals surface area contributed by atoms with Crippen molar-refractivity contribution in [2.45, 2.75) is 38.8 Å². The number of nitrogens with one attached hydrogen (secondary N) is 1. The molecule has 0 heterocycles. The van der Waals surface area contributed by atoms with Crippen LogP contribution in [0.15, 0.2) is 18.2 Å². The lowest BCUT2D eigenvalue weighted by atomic mass is 10.0. The third kappa shape index (κ3) is 4.77. The van der Waals surface area contributed by atoms with Crippen LogP contribution in [0.3, 0.4) is 0 Å². The van der Waals surface area contributed by atoms with Gasteiger partial charge in [0.25, 0.3) is 0 Å². The monoisotopic (exact) mass is 289 g/mol. The molecule has 102 valence electrons. The minimum Gasteiger partial charge on any atom is -0.382 e. The van der Waals surface area contributed by atoms with Crippen LogP contribution in [-0.4, -0.2) is 19.8 Å². The normalized spacial score (nSPS) is 14.5. The van der Waals surface area contributed by atoms with Crippen molar-refractivity contribution in [1.29, 1.82) is 0 Å². The molecule has 0 aliphatic heterocycles. The molecule has 1 aromatic rings. The van der Waals surface area contributed by atoms with E-state index >= 15 is 0 Å². The molecule has 4 heteroatoms. The highest BCUT2D eigenvalue weighted by atomic mass is 35.5. The summed E-state index contributed by atoms with van der Waals surface area (Å²) in [5, 5.41) is 4.67. The third-order valence-corrected chi connectivity index (χ3v) is 3.80. The first-order valence-corrected chi connectivity index (χ1v) is 7.05. The Hall–Kier alpha value is -0.280. The Morgan fingerprint density at radius 3 is 2.50 bits per heavy atom. The fourth-order valence-corrected chi connectivity index (χ4v) is 2.19. The fourth-order valence-electron chi connectivity index (χ4n) is 1.88. The van der Waals surface area contributed by atoms with Crippen LogP contribution >= 0.6 is 23.2 Å². The average molecular weight is 290 g/mol. The maximum atomic E-state index is 6.06. The molecule has 1 N–H and O–H groups in total. The molecule has 0 bridgehead atoms. The van der Waals surface area contributed by atoms with Crippen LogP contribution in [0.4, 0.5) is 0 Å². The third-order valence-electron chi connectivity index (χ3n) is 3.06. The molecular weight excluding hydrogens is 269 g/mol. The van der Waals surface area contributed by atoms with E-state index in [1.165, 1.54) is 5.56 Å². The van der Waals surface area contributed by atoms with Crippen LogP contribution in [0.25, 0.3) is 0 Å². The Bertz CT molecular complexity index is 371. The topological polar surface area (TPSA) is 21.3 Å². The van der Waals surface area contributed by atoms with Crippen molar-refractivity contribution in [3.05, 3.63) is 33.8 Å². The highest BCUT2D eigenvalue weighted by Crippen LogP contribution is 2.27. The molecule has 2 atom stereocenters. The summed E-state index contributed by atoms with van der Waals surface area (Å²) in [6.45, 7) is 5.11. The van der Waals surface area contributed by atoms with Gasteiger partial charge in [-0.2, -0.15) is 0 Å². The van der Waals surface area contributed by atoms with E-state index < -0.39 is 0 Å². The van der Waals surface area contributed by atoms with Gasteiger partial charge in [-0.15, -0.1) is 0 Å². The lowest BCUT2D eigenvalue weighted by Gasteiger charge is -2.20. The van der Waals surface area contributed by atoms with E-state index in [1.807, 2.05) is 18.2 Å². The van der Waals surface area contributed by atoms with Gasteiger partial charge in [0, 0.05) is 13.2 Å². The minimum absolute atomic E-state index is 0.272. The van der Waals surface area contributed by atoms with Crippen molar-refractivity contribution in [2.24, 2.45) is 0 Å². The molecular formula is C14H21Cl2NO. The molecule has 0 amide bonds. The number of methoxy groups -OCH3 is 1. The zero-order valence-corrected chi connectivity index (χ0v) is 12.7. The molecule has 18 heavy (non-hydrogen) atoms. The molecule has 0 radical (unpaired) electrons. The molecule has 0 saturated heterocycles. The van der Waals surface area contributed by atoms with Gasteiger partial charge >= 0.3 is 0 Å². The van der Waals surface area contributed by atoms with Crippen LogP contribution in [-0.2, 0) is 4.74 Å². The maximum absolute atomic E-state index is 6.06. The van der Waals surface area contributed by atoms with Crippen LogP contribution in [0.2, 0.25) is 10.0 Å². The van der Waals surface area contributed by atoms with Gasteiger partial charge < -0.3 is 10.1 Å². The highest BCUT2D eigenvalue weighted by molar-refractivity contribution is 6.42. The smallest absolute Gasteiger partial charge is 0.0595 e. The first-order chi connectivity index (χ1) is 8.58. The molecule has 1 rings (SSSR count). The van der Waals surface area contributed by atoms with E-state index in [0.717, 1.165) is 19.4 Å². The summed E-state index contributed by atoms with van der Waals surface area (Å²) < 4.78 is 5.28. The van der Waals surface area contributed by atoms with E-state index in [-0.39, 0.29) is 6.10 Å². The molecule has 0 aliphatic carbocycles. The molecule has 0 saturated carbocycles. The van der Waals surface area contributed by atoms with Gasteiger partial charge in [0.15, 0.2) is 0 Å². The van der Waals surface area contributed by atoms with E-state index in [0.29, 0.717) is 16.1 Å². The fraction of sp³-hybridized carbons (Fsp3) is 0.571. The van der Waals surface area contributed by atoms with Gasteiger partial charge in [0.1, 0.15) is 0 Å². The van der Waals surface area contributed by atoms with Gasteiger partial charge in [-0.1, -0.05) is 36.2 Å². The summed E-state index contributed by atoms with van der Waals surface area (Å²) in [6.07, 6.45) is 2.30. The van der Waals surface area contributed by atoms with E-state index in [1.54, 1.807) is 7.11 Å². The van der Waals surface area contributed by atoms with Crippen molar-refractivity contribution in [3.63, 3.8) is 0 Å². The Morgan fingerprint density at radius 2 is 1.94 bits per heavy atom. The minimum atomic E-state index is 0.272. The Balaban J connectivity index is 2.73. The molecule has 0 aliphatic rings. The zero-order chi connectivity index (χ0) is 13.5. The van der Waals surface area contributed by atoms with Gasteiger partial charge in [0.2, 0.25) is 0 Å². The van der Waals surface area contributed by atoms with Gasteiger partial charge in [0.05, 0.1) is 16.1 Å². The molecule has 0 spiro atoms. The molecule has 2 unspecified atom stereocenters. The summed E-state index contributed by atoms with van der Waals surface area (Å²) in [6, 6.07) is 6.11. The predicted molar refractivity (Wildman–Crippen MR) is 78.6 cm³/mol. The number of rotatable bonds is 7. The van der Waals surface area contributed by atoms with E-state index in [4.69, 9.17) is 27.9 Å². The van der Waals surface area contributed by atoms with Crippen molar-refractivity contribution in [2.75, 3.05) is 13.7 Å². The van der Waals surface area contributed by atoms with Crippen LogP contribution in [0.1, 0.15) is 38.3 Å². The summed E-state index contributed by atoms with van der Waals surface area (Å²) in [4.78, 5) is 0. The second-order valence-corrected chi connectivity index (χ2v) is 5.22. The van der Waals surface area contributed by atoms with Gasteiger partial charge in [-0.25, -0.2) is 0 Å². The second-order valence-electron chi connectivity index (χ2n) is 4.41. The summed E-state index contributed by atoms with van der Waals surface area (Å²) in [7, 11) is 1.74. The highest BCUT2D eigenvalue weighted by Gasteiger charge is 2.13. The largest absolute Gasteiger partial charge is 0.382 e. The summed E-state index contributed by atoms with van der Waals surface area (Å²) in [5.74, 6) is 0. The van der Waals surface area contributed by atoms with Crippen molar-refractivity contribution < 1.29 is 4.74 Å². The SMILES string of the molecule is CCNC(CCC(C)OC)c1ccc(Cl)c(Cl)c1. The van der Waals surface area contributed by atoms with E-state index in [9.17, 15) is 0 Å². The molecule has 1 aromatic carbocycles. The Kier molecular flexibility index (Phi) is 7.02. The quantitative estimate of drug-likeness (QED) is 0.800. The first-order valence-electron chi connectivity index (χ1n) is 6.29. The summed E-state index contributed by atoms with van der Waals surface area (Å²) in [5.41, 5.74) is 1.18. The maximum Gasteiger partial charge on any atom is 0.0595 e.